The molecular formula is C13H17ClFN. The first-order valence-electron chi connectivity index (χ1n) is 5.87. The van der Waals surface area contributed by atoms with Crippen molar-refractivity contribution in [2.75, 3.05) is 0 Å². The number of nitrogens with two attached hydrogens (primary N) is 1. The van der Waals surface area contributed by atoms with Crippen LogP contribution in [0, 0.1) is 11.7 Å². The van der Waals surface area contributed by atoms with Gasteiger partial charge in [-0.25, -0.2) is 4.39 Å². The second kappa shape index (κ2) is 5.15. The van der Waals surface area contributed by atoms with E-state index >= 15 is 0 Å². The molecule has 0 aliphatic heterocycles. The van der Waals surface area contributed by atoms with Gasteiger partial charge in [-0.1, -0.05) is 23.7 Å². The van der Waals surface area contributed by atoms with E-state index in [2.05, 4.69) is 0 Å². The van der Waals surface area contributed by atoms with Crippen LogP contribution < -0.4 is 5.73 Å². The Balaban J connectivity index is 1.82. The summed E-state index contributed by atoms with van der Waals surface area (Å²) in [4.78, 5) is 0. The lowest BCUT2D eigenvalue weighted by molar-refractivity contribution is 0.528. The van der Waals surface area contributed by atoms with Crippen LogP contribution >= 0.6 is 11.6 Å². The van der Waals surface area contributed by atoms with Crippen molar-refractivity contribution in [3.05, 3.63) is 34.6 Å². The zero-order chi connectivity index (χ0) is 11.5. The third-order valence-corrected chi connectivity index (χ3v) is 3.67. The SMILES string of the molecule is NC(CCCc1cccc(F)c1Cl)C1CC1. The van der Waals surface area contributed by atoms with Crippen molar-refractivity contribution < 1.29 is 4.39 Å². The fourth-order valence-corrected chi connectivity index (χ4v) is 2.25. The molecule has 3 heteroatoms. The van der Waals surface area contributed by atoms with Gasteiger partial charge in [0, 0.05) is 6.04 Å². The van der Waals surface area contributed by atoms with Gasteiger partial charge in [-0.05, 0) is 49.7 Å². The minimum absolute atomic E-state index is 0.266. The molecule has 88 valence electrons. The molecule has 0 bridgehead atoms. The predicted molar refractivity (Wildman–Crippen MR) is 65.0 cm³/mol. The van der Waals surface area contributed by atoms with E-state index in [1.807, 2.05) is 6.07 Å². The number of halogens is 2. The molecule has 0 aromatic heterocycles. The number of rotatable bonds is 5. The maximum Gasteiger partial charge on any atom is 0.142 e. The van der Waals surface area contributed by atoms with E-state index in [1.165, 1.54) is 18.9 Å². The Labute approximate surface area is 101 Å². The fraction of sp³-hybridized carbons (Fsp3) is 0.538. The Morgan fingerprint density at radius 1 is 1.44 bits per heavy atom. The Morgan fingerprint density at radius 2 is 2.19 bits per heavy atom. The third kappa shape index (κ3) is 2.96. The lowest BCUT2D eigenvalue weighted by atomic mass is 10.0. The van der Waals surface area contributed by atoms with Crippen LogP contribution in [0.2, 0.25) is 5.02 Å². The first kappa shape index (κ1) is 11.9. The first-order chi connectivity index (χ1) is 7.68. The molecule has 2 rings (SSSR count). The molecule has 0 spiro atoms. The molecule has 1 atom stereocenters. The number of hydrogen-bond acceptors (Lipinski definition) is 1. The van der Waals surface area contributed by atoms with Gasteiger partial charge in [-0.2, -0.15) is 0 Å². The van der Waals surface area contributed by atoms with Crippen molar-refractivity contribution in [1.82, 2.24) is 0 Å². The summed E-state index contributed by atoms with van der Waals surface area (Å²) >= 11 is 5.88. The van der Waals surface area contributed by atoms with Gasteiger partial charge in [-0.3, -0.25) is 0 Å². The van der Waals surface area contributed by atoms with E-state index in [0.29, 0.717) is 6.04 Å². The zero-order valence-electron chi connectivity index (χ0n) is 9.26. The Morgan fingerprint density at radius 3 is 2.88 bits per heavy atom. The summed E-state index contributed by atoms with van der Waals surface area (Å²) in [6.07, 6.45) is 5.37. The zero-order valence-corrected chi connectivity index (χ0v) is 10.0. The minimum atomic E-state index is -0.328. The van der Waals surface area contributed by atoms with Crippen LogP contribution in [0.5, 0.6) is 0 Å². The van der Waals surface area contributed by atoms with Crippen LogP contribution in [0.25, 0.3) is 0 Å². The van der Waals surface area contributed by atoms with Crippen molar-refractivity contribution in [2.24, 2.45) is 11.7 Å². The van der Waals surface area contributed by atoms with Gasteiger partial charge in [0.15, 0.2) is 0 Å². The number of hydrogen-bond donors (Lipinski definition) is 1. The molecule has 0 radical (unpaired) electrons. The Kier molecular flexibility index (Phi) is 3.82. The van der Waals surface area contributed by atoms with Gasteiger partial charge >= 0.3 is 0 Å². The molecular weight excluding hydrogens is 225 g/mol. The van der Waals surface area contributed by atoms with Crippen molar-refractivity contribution >= 4 is 11.6 Å². The first-order valence-corrected chi connectivity index (χ1v) is 6.24. The van der Waals surface area contributed by atoms with E-state index < -0.39 is 0 Å². The molecule has 1 unspecified atom stereocenters. The molecule has 2 N–H and O–H groups in total. The van der Waals surface area contributed by atoms with Crippen molar-refractivity contribution in [3.63, 3.8) is 0 Å². The van der Waals surface area contributed by atoms with Crippen molar-refractivity contribution in [2.45, 2.75) is 38.1 Å². The second-order valence-corrected chi connectivity index (χ2v) is 4.98. The summed E-state index contributed by atoms with van der Waals surface area (Å²) < 4.78 is 13.1. The quantitative estimate of drug-likeness (QED) is 0.839. The summed E-state index contributed by atoms with van der Waals surface area (Å²) in [5.74, 6) is 0.411. The highest BCUT2D eigenvalue weighted by Gasteiger charge is 2.27. The lowest BCUT2D eigenvalue weighted by Gasteiger charge is -2.10. The normalized spacial score (nSPS) is 17.4. The van der Waals surface area contributed by atoms with Gasteiger partial charge in [0.1, 0.15) is 5.82 Å². The van der Waals surface area contributed by atoms with E-state index in [9.17, 15) is 4.39 Å². The number of benzene rings is 1. The van der Waals surface area contributed by atoms with Crippen LogP contribution in [0.4, 0.5) is 4.39 Å². The summed E-state index contributed by atoms with van der Waals surface area (Å²) in [7, 11) is 0. The van der Waals surface area contributed by atoms with E-state index in [0.717, 1.165) is 30.7 Å². The maximum atomic E-state index is 13.1. The molecule has 1 aliphatic rings. The van der Waals surface area contributed by atoms with E-state index in [-0.39, 0.29) is 10.8 Å². The van der Waals surface area contributed by atoms with Gasteiger partial charge < -0.3 is 5.73 Å². The smallest absolute Gasteiger partial charge is 0.142 e. The van der Waals surface area contributed by atoms with Gasteiger partial charge in [0.05, 0.1) is 5.02 Å². The molecule has 0 heterocycles. The third-order valence-electron chi connectivity index (χ3n) is 3.24. The molecule has 16 heavy (non-hydrogen) atoms. The van der Waals surface area contributed by atoms with Crippen LogP contribution in [-0.2, 0) is 6.42 Å². The average molecular weight is 242 g/mol. The highest BCUT2D eigenvalue weighted by molar-refractivity contribution is 6.31. The molecule has 1 aromatic rings. The molecule has 0 saturated heterocycles. The van der Waals surface area contributed by atoms with E-state index in [1.54, 1.807) is 6.07 Å². The van der Waals surface area contributed by atoms with Gasteiger partial charge in [0.2, 0.25) is 0 Å². The monoisotopic (exact) mass is 241 g/mol. The maximum absolute atomic E-state index is 13.1. The average Bonchev–Trinajstić information content (AvgIpc) is 3.07. The van der Waals surface area contributed by atoms with Crippen molar-refractivity contribution in [1.29, 1.82) is 0 Å². The standard InChI is InChI=1S/C13H17ClFN/c14-13-10(3-1-5-11(13)15)4-2-6-12(16)9-7-8-9/h1,3,5,9,12H,2,4,6-8,16H2. The Hall–Kier alpha value is -0.600. The topological polar surface area (TPSA) is 26.0 Å². The highest BCUT2D eigenvalue weighted by Crippen LogP contribution is 2.33. The van der Waals surface area contributed by atoms with Crippen molar-refractivity contribution in [3.8, 4) is 0 Å². The summed E-state index contributed by atoms with van der Waals surface area (Å²) in [6.45, 7) is 0. The largest absolute Gasteiger partial charge is 0.327 e. The van der Waals surface area contributed by atoms with E-state index in [4.69, 9.17) is 17.3 Å². The van der Waals surface area contributed by atoms with Crippen LogP contribution in [0.1, 0.15) is 31.2 Å². The Bertz CT molecular complexity index is 363. The van der Waals surface area contributed by atoms with Crippen LogP contribution in [0.15, 0.2) is 18.2 Å². The minimum Gasteiger partial charge on any atom is -0.327 e. The number of aryl methyl sites for hydroxylation is 1. The summed E-state index contributed by atoms with van der Waals surface area (Å²) in [6, 6.07) is 5.31. The molecule has 1 saturated carbocycles. The predicted octanol–water partition coefficient (Wildman–Crippen LogP) is 3.54. The second-order valence-electron chi connectivity index (χ2n) is 4.61. The highest BCUT2D eigenvalue weighted by atomic mass is 35.5. The summed E-state index contributed by atoms with van der Waals surface area (Å²) in [5, 5.41) is 0.266. The summed E-state index contributed by atoms with van der Waals surface area (Å²) in [5.41, 5.74) is 6.90. The van der Waals surface area contributed by atoms with Gasteiger partial charge in [-0.15, -0.1) is 0 Å². The molecule has 1 nitrogen and oxygen atoms in total. The van der Waals surface area contributed by atoms with Crippen LogP contribution in [0.3, 0.4) is 0 Å². The van der Waals surface area contributed by atoms with Crippen LogP contribution in [-0.4, -0.2) is 6.04 Å². The van der Waals surface area contributed by atoms with Gasteiger partial charge in [0.25, 0.3) is 0 Å². The molecule has 0 amide bonds. The lowest BCUT2D eigenvalue weighted by Crippen LogP contribution is -2.22. The fourth-order valence-electron chi connectivity index (χ4n) is 2.03. The molecule has 1 fully saturated rings. The molecule has 1 aliphatic carbocycles. The molecule has 1 aromatic carbocycles.